The highest BCUT2D eigenvalue weighted by Crippen LogP contribution is 2.47. The summed E-state index contributed by atoms with van der Waals surface area (Å²) in [6.07, 6.45) is 7.76. The third kappa shape index (κ3) is 2.74. The van der Waals surface area contributed by atoms with E-state index in [0.717, 1.165) is 16.3 Å². The van der Waals surface area contributed by atoms with E-state index in [-0.39, 0.29) is 0 Å². The standard InChI is InChI=1S/C15H18N4O2S2/c1-21-15(20)18-14-17-10-8-22-11-7-16-19(12(11)13(10)23-14)9-5-3-2-4-6-9/h7,9H,2-6,8H2,1H3,(H,17,18,20). The molecule has 0 saturated heterocycles. The minimum absolute atomic E-state index is 0.482. The van der Waals surface area contributed by atoms with Gasteiger partial charge in [-0.1, -0.05) is 30.6 Å². The first-order valence-electron chi connectivity index (χ1n) is 7.81. The molecule has 1 saturated carbocycles. The molecule has 1 aliphatic carbocycles. The summed E-state index contributed by atoms with van der Waals surface area (Å²) < 4.78 is 6.85. The van der Waals surface area contributed by atoms with Crippen molar-refractivity contribution in [2.45, 2.75) is 48.8 Å². The average molecular weight is 350 g/mol. The van der Waals surface area contributed by atoms with Crippen LogP contribution in [0.25, 0.3) is 10.6 Å². The fourth-order valence-electron chi connectivity index (χ4n) is 3.24. The summed E-state index contributed by atoms with van der Waals surface area (Å²) in [5.41, 5.74) is 2.20. The van der Waals surface area contributed by atoms with Crippen LogP contribution in [-0.2, 0) is 10.5 Å². The molecule has 2 aromatic heterocycles. The Morgan fingerprint density at radius 1 is 1.39 bits per heavy atom. The predicted octanol–water partition coefficient (Wildman–Crippen LogP) is 4.30. The molecule has 0 bridgehead atoms. The maximum atomic E-state index is 11.4. The van der Waals surface area contributed by atoms with Crippen LogP contribution >= 0.6 is 23.1 Å². The first-order chi connectivity index (χ1) is 11.3. The number of nitrogens with one attached hydrogen (secondary N) is 1. The van der Waals surface area contributed by atoms with Crippen molar-refractivity contribution in [1.29, 1.82) is 0 Å². The van der Waals surface area contributed by atoms with Crippen molar-refractivity contribution in [3.05, 3.63) is 11.9 Å². The SMILES string of the molecule is COC(=O)Nc1nc2c(s1)-c1c(cnn1C1CCCCC1)SC2. The van der Waals surface area contributed by atoms with Gasteiger partial charge in [-0.3, -0.25) is 10.00 Å². The van der Waals surface area contributed by atoms with Crippen molar-refractivity contribution in [2.24, 2.45) is 0 Å². The van der Waals surface area contributed by atoms with Crippen LogP contribution in [0.15, 0.2) is 11.1 Å². The van der Waals surface area contributed by atoms with Gasteiger partial charge in [0.2, 0.25) is 0 Å². The maximum Gasteiger partial charge on any atom is 0.413 e. The number of thioether (sulfide) groups is 1. The molecule has 0 unspecified atom stereocenters. The van der Waals surface area contributed by atoms with Crippen LogP contribution in [0.2, 0.25) is 0 Å². The second kappa shape index (κ2) is 6.16. The third-order valence-corrected chi connectivity index (χ3v) is 6.40. The van der Waals surface area contributed by atoms with Crippen molar-refractivity contribution in [3.63, 3.8) is 0 Å². The second-order valence-corrected chi connectivity index (χ2v) is 7.81. The molecule has 2 aliphatic rings. The summed E-state index contributed by atoms with van der Waals surface area (Å²) in [4.78, 5) is 18.3. The molecule has 6 nitrogen and oxygen atoms in total. The van der Waals surface area contributed by atoms with E-state index in [2.05, 4.69) is 24.8 Å². The largest absolute Gasteiger partial charge is 0.453 e. The lowest BCUT2D eigenvalue weighted by Gasteiger charge is -2.24. The summed E-state index contributed by atoms with van der Waals surface area (Å²) in [5.74, 6) is 0.818. The molecule has 1 amide bonds. The number of carbonyl (C=O) groups excluding carboxylic acids is 1. The molecule has 2 aromatic rings. The van der Waals surface area contributed by atoms with Crippen LogP contribution in [0.3, 0.4) is 0 Å². The van der Waals surface area contributed by atoms with E-state index in [1.165, 1.54) is 61.1 Å². The first kappa shape index (κ1) is 15.0. The van der Waals surface area contributed by atoms with Gasteiger partial charge in [0, 0.05) is 5.75 Å². The summed E-state index contributed by atoms with van der Waals surface area (Å²) in [7, 11) is 1.36. The molecule has 3 heterocycles. The van der Waals surface area contributed by atoms with Crippen molar-refractivity contribution >= 4 is 34.3 Å². The van der Waals surface area contributed by atoms with E-state index in [1.807, 2.05) is 6.20 Å². The number of rotatable bonds is 2. The fraction of sp³-hybridized carbons (Fsp3) is 0.533. The normalized spacial score (nSPS) is 17.4. The first-order valence-corrected chi connectivity index (χ1v) is 9.62. The molecule has 0 atom stereocenters. The van der Waals surface area contributed by atoms with Gasteiger partial charge in [0.15, 0.2) is 5.13 Å². The Kier molecular flexibility index (Phi) is 4.02. The fourth-order valence-corrected chi connectivity index (χ4v) is 5.37. The van der Waals surface area contributed by atoms with Gasteiger partial charge in [-0.25, -0.2) is 9.78 Å². The lowest BCUT2D eigenvalue weighted by molar-refractivity contribution is 0.187. The molecular weight excluding hydrogens is 332 g/mol. The van der Waals surface area contributed by atoms with Crippen LogP contribution in [0.5, 0.6) is 0 Å². The smallest absolute Gasteiger partial charge is 0.413 e. The molecule has 0 radical (unpaired) electrons. The minimum atomic E-state index is -0.482. The number of carbonyl (C=O) groups is 1. The highest BCUT2D eigenvalue weighted by Gasteiger charge is 2.29. The van der Waals surface area contributed by atoms with Gasteiger partial charge in [-0.05, 0) is 12.8 Å². The van der Waals surface area contributed by atoms with Gasteiger partial charge in [-0.2, -0.15) is 5.10 Å². The number of methoxy groups -OCH3 is 1. The minimum Gasteiger partial charge on any atom is -0.453 e. The molecule has 1 N–H and O–H groups in total. The second-order valence-electron chi connectivity index (χ2n) is 5.79. The van der Waals surface area contributed by atoms with Crippen LogP contribution in [0.1, 0.15) is 43.8 Å². The van der Waals surface area contributed by atoms with E-state index in [0.29, 0.717) is 11.2 Å². The molecule has 8 heteroatoms. The van der Waals surface area contributed by atoms with Crippen molar-refractivity contribution in [1.82, 2.24) is 14.8 Å². The van der Waals surface area contributed by atoms with Gasteiger partial charge >= 0.3 is 6.09 Å². The maximum absolute atomic E-state index is 11.4. The van der Waals surface area contributed by atoms with Gasteiger partial charge < -0.3 is 4.74 Å². The molecular formula is C15H18N4O2S2. The number of hydrogen-bond donors (Lipinski definition) is 1. The number of anilines is 1. The zero-order chi connectivity index (χ0) is 15.8. The van der Waals surface area contributed by atoms with Gasteiger partial charge in [0.05, 0.1) is 40.5 Å². The average Bonchev–Trinajstić information content (AvgIpc) is 3.18. The zero-order valence-corrected chi connectivity index (χ0v) is 14.5. The number of thiazole rings is 1. The third-order valence-electron chi connectivity index (χ3n) is 4.35. The Labute approximate surface area is 142 Å². The Hall–Kier alpha value is -1.54. The van der Waals surface area contributed by atoms with Crippen molar-refractivity contribution < 1.29 is 9.53 Å². The van der Waals surface area contributed by atoms with Crippen LogP contribution in [0.4, 0.5) is 9.93 Å². The van der Waals surface area contributed by atoms with Crippen molar-refractivity contribution in [3.8, 4) is 10.6 Å². The molecule has 1 aliphatic heterocycles. The summed E-state index contributed by atoms with van der Waals surface area (Å²) in [5, 5.41) is 7.94. The number of hydrogen-bond acceptors (Lipinski definition) is 6. The number of ether oxygens (including phenoxy) is 1. The molecule has 1 fully saturated rings. The molecule has 4 rings (SSSR count). The van der Waals surface area contributed by atoms with E-state index < -0.39 is 6.09 Å². The van der Waals surface area contributed by atoms with Gasteiger partial charge in [-0.15, -0.1) is 11.8 Å². The predicted molar refractivity (Wildman–Crippen MR) is 91.0 cm³/mol. The summed E-state index contributed by atoms with van der Waals surface area (Å²) >= 11 is 3.28. The van der Waals surface area contributed by atoms with Crippen LogP contribution < -0.4 is 5.32 Å². The lowest BCUT2D eigenvalue weighted by atomic mass is 9.95. The number of nitrogens with zero attached hydrogens (tertiary/aromatic N) is 3. The highest BCUT2D eigenvalue weighted by atomic mass is 32.2. The molecule has 23 heavy (non-hydrogen) atoms. The molecule has 0 aromatic carbocycles. The number of aromatic nitrogens is 3. The Bertz CT molecular complexity index is 734. The highest BCUT2D eigenvalue weighted by molar-refractivity contribution is 7.98. The van der Waals surface area contributed by atoms with E-state index >= 15 is 0 Å². The van der Waals surface area contributed by atoms with Crippen molar-refractivity contribution in [2.75, 3.05) is 12.4 Å². The molecule has 122 valence electrons. The lowest BCUT2D eigenvalue weighted by Crippen LogP contribution is -2.15. The zero-order valence-electron chi connectivity index (χ0n) is 12.9. The monoisotopic (exact) mass is 350 g/mol. The Morgan fingerprint density at radius 3 is 3.00 bits per heavy atom. The number of fused-ring (bicyclic) bond motifs is 3. The molecule has 0 spiro atoms. The summed E-state index contributed by atoms with van der Waals surface area (Å²) in [6.45, 7) is 0. The summed E-state index contributed by atoms with van der Waals surface area (Å²) in [6, 6.07) is 0.484. The van der Waals surface area contributed by atoms with Gasteiger partial charge in [0.25, 0.3) is 0 Å². The van der Waals surface area contributed by atoms with E-state index in [9.17, 15) is 4.79 Å². The number of amides is 1. The van der Waals surface area contributed by atoms with Gasteiger partial charge in [0.1, 0.15) is 0 Å². The van der Waals surface area contributed by atoms with Crippen LogP contribution in [-0.4, -0.2) is 28.0 Å². The Morgan fingerprint density at radius 2 is 2.22 bits per heavy atom. The van der Waals surface area contributed by atoms with E-state index in [4.69, 9.17) is 0 Å². The van der Waals surface area contributed by atoms with E-state index in [1.54, 1.807) is 11.8 Å². The van der Waals surface area contributed by atoms with Crippen LogP contribution in [0, 0.1) is 0 Å². The topological polar surface area (TPSA) is 69.0 Å². The quantitative estimate of drug-likeness (QED) is 0.875. The Balaban J connectivity index is 1.70.